The second-order valence-electron chi connectivity index (χ2n) is 6.42. The minimum atomic E-state index is -0.525. The Hall–Kier alpha value is -2.22. The molecule has 1 N–H and O–H groups in total. The molecule has 4 heteroatoms. The first kappa shape index (κ1) is 16.6. The summed E-state index contributed by atoms with van der Waals surface area (Å²) >= 11 is 0. The average molecular weight is 324 g/mol. The molecule has 0 aromatic heterocycles. The van der Waals surface area contributed by atoms with Crippen LogP contribution in [0.15, 0.2) is 48.5 Å². The van der Waals surface area contributed by atoms with Crippen molar-refractivity contribution in [2.75, 3.05) is 13.1 Å². The highest BCUT2D eigenvalue weighted by atomic mass is 19.1. The first-order valence-electron chi connectivity index (χ1n) is 8.30. The number of nitrogens with zero attached hydrogens (tertiary/aromatic N) is 2. The van der Waals surface area contributed by atoms with Crippen LogP contribution in [0.3, 0.4) is 0 Å². The van der Waals surface area contributed by atoms with Crippen LogP contribution in [0.1, 0.15) is 35.6 Å². The second-order valence-corrected chi connectivity index (χ2v) is 6.42. The Morgan fingerprint density at radius 1 is 1.08 bits per heavy atom. The van der Waals surface area contributed by atoms with Gasteiger partial charge < -0.3 is 5.11 Å². The number of rotatable bonds is 4. The fourth-order valence-corrected chi connectivity index (χ4v) is 3.30. The maximum atomic E-state index is 13.0. The fourth-order valence-electron chi connectivity index (χ4n) is 3.30. The Kier molecular flexibility index (Phi) is 5.24. The Bertz CT molecular complexity index is 698. The zero-order valence-electron chi connectivity index (χ0n) is 13.5. The molecule has 2 aromatic carbocycles. The van der Waals surface area contributed by atoms with Crippen molar-refractivity contribution in [1.82, 2.24) is 4.90 Å². The van der Waals surface area contributed by atoms with Crippen LogP contribution < -0.4 is 0 Å². The standard InChI is InChI=1S/C20H21FN2O/c21-19-7-5-17(6-8-19)20(24)18-9-11-23(12-10-18)14-16-3-1-15(13-22)2-4-16/h1-8,18,20,24H,9-12,14H2. The van der Waals surface area contributed by atoms with E-state index in [9.17, 15) is 9.50 Å². The van der Waals surface area contributed by atoms with Crippen molar-refractivity contribution in [3.05, 3.63) is 71.0 Å². The molecule has 1 saturated heterocycles. The number of benzene rings is 2. The molecule has 1 heterocycles. The lowest BCUT2D eigenvalue weighted by molar-refractivity contribution is 0.0567. The predicted octanol–water partition coefficient (Wildman–Crippen LogP) is 3.64. The SMILES string of the molecule is N#Cc1ccc(CN2CCC(C(O)c3ccc(F)cc3)CC2)cc1. The number of aliphatic hydroxyl groups is 1. The van der Waals surface area contributed by atoms with Gasteiger partial charge in [-0.3, -0.25) is 4.90 Å². The molecular formula is C20H21FN2O. The molecule has 0 bridgehead atoms. The molecule has 0 radical (unpaired) electrons. The highest BCUT2D eigenvalue weighted by Crippen LogP contribution is 2.31. The summed E-state index contributed by atoms with van der Waals surface area (Å²) in [6, 6.07) is 16.0. The van der Waals surface area contributed by atoms with Gasteiger partial charge >= 0.3 is 0 Å². The second kappa shape index (κ2) is 7.57. The third-order valence-corrected chi connectivity index (χ3v) is 4.78. The molecular weight excluding hydrogens is 303 g/mol. The van der Waals surface area contributed by atoms with Gasteiger partial charge in [0.25, 0.3) is 0 Å². The molecule has 0 amide bonds. The Morgan fingerprint density at radius 3 is 2.29 bits per heavy atom. The molecule has 1 atom stereocenters. The van der Waals surface area contributed by atoms with E-state index in [0.29, 0.717) is 5.56 Å². The molecule has 1 unspecified atom stereocenters. The highest BCUT2D eigenvalue weighted by molar-refractivity contribution is 5.31. The van der Waals surface area contributed by atoms with Gasteiger partial charge in [0.1, 0.15) is 5.82 Å². The van der Waals surface area contributed by atoms with Crippen LogP contribution in [0.4, 0.5) is 4.39 Å². The van der Waals surface area contributed by atoms with E-state index in [0.717, 1.165) is 38.0 Å². The van der Waals surface area contributed by atoms with Gasteiger partial charge in [-0.2, -0.15) is 5.26 Å². The Morgan fingerprint density at radius 2 is 1.71 bits per heavy atom. The molecule has 0 saturated carbocycles. The van der Waals surface area contributed by atoms with E-state index in [1.165, 1.54) is 17.7 Å². The lowest BCUT2D eigenvalue weighted by Gasteiger charge is -2.34. The number of halogens is 1. The third kappa shape index (κ3) is 4.00. The van der Waals surface area contributed by atoms with Crippen molar-refractivity contribution < 1.29 is 9.50 Å². The summed E-state index contributed by atoms with van der Waals surface area (Å²) in [5.74, 6) is -0.0594. The smallest absolute Gasteiger partial charge is 0.123 e. The van der Waals surface area contributed by atoms with E-state index >= 15 is 0 Å². The van der Waals surface area contributed by atoms with Gasteiger partial charge in [-0.15, -0.1) is 0 Å². The molecule has 1 aliphatic rings. The molecule has 0 spiro atoms. The summed E-state index contributed by atoms with van der Waals surface area (Å²) in [4.78, 5) is 2.37. The van der Waals surface area contributed by atoms with Crippen LogP contribution in [0.5, 0.6) is 0 Å². The zero-order valence-corrected chi connectivity index (χ0v) is 13.5. The number of piperidine rings is 1. The van der Waals surface area contributed by atoms with Gasteiger partial charge in [0.15, 0.2) is 0 Å². The van der Waals surface area contributed by atoms with Crippen LogP contribution in [-0.4, -0.2) is 23.1 Å². The van der Waals surface area contributed by atoms with E-state index in [4.69, 9.17) is 5.26 Å². The molecule has 24 heavy (non-hydrogen) atoms. The van der Waals surface area contributed by atoms with E-state index in [2.05, 4.69) is 11.0 Å². The van der Waals surface area contributed by atoms with Crippen molar-refractivity contribution in [3.8, 4) is 6.07 Å². The molecule has 1 aliphatic heterocycles. The zero-order chi connectivity index (χ0) is 16.9. The highest BCUT2D eigenvalue weighted by Gasteiger charge is 2.26. The molecule has 2 aromatic rings. The van der Waals surface area contributed by atoms with Crippen LogP contribution in [0, 0.1) is 23.1 Å². The minimum Gasteiger partial charge on any atom is -0.388 e. The van der Waals surface area contributed by atoms with Gasteiger partial charge in [0.05, 0.1) is 17.7 Å². The molecule has 1 fully saturated rings. The lowest BCUT2D eigenvalue weighted by Crippen LogP contribution is -2.35. The van der Waals surface area contributed by atoms with Crippen LogP contribution >= 0.6 is 0 Å². The van der Waals surface area contributed by atoms with Crippen LogP contribution in [-0.2, 0) is 6.54 Å². The van der Waals surface area contributed by atoms with Gasteiger partial charge in [-0.1, -0.05) is 24.3 Å². The largest absolute Gasteiger partial charge is 0.388 e. The number of nitriles is 1. The van der Waals surface area contributed by atoms with E-state index < -0.39 is 6.10 Å². The summed E-state index contributed by atoms with van der Waals surface area (Å²) in [5.41, 5.74) is 2.67. The van der Waals surface area contributed by atoms with Gasteiger partial charge in [0, 0.05) is 6.54 Å². The monoisotopic (exact) mass is 324 g/mol. The quantitative estimate of drug-likeness (QED) is 0.934. The Balaban J connectivity index is 1.53. The number of hydrogen-bond acceptors (Lipinski definition) is 3. The van der Waals surface area contributed by atoms with E-state index in [-0.39, 0.29) is 11.7 Å². The van der Waals surface area contributed by atoms with Crippen molar-refractivity contribution in [1.29, 1.82) is 5.26 Å². The maximum Gasteiger partial charge on any atom is 0.123 e. The lowest BCUT2D eigenvalue weighted by atomic mass is 9.87. The Labute approximate surface area is 142 Å². The average Bonchev–Trinajstić information content (AvgIpc) is 2.63. The van der Waals surface area contributed by atoms with Gasteiger partial charge in [-0.25, -0.2) is 4.39 Å². The van der Waals surface area contributed by atoms with Crippen molar-refractivity contribution in [3.63, 3.8) is 0 Å². The summed E-state index contributed by atoms with van der Waals surface area (Å²) in [7, 11) is 0. The van der Waals surface area contributed by atoms with Crippen molar-refractivity contribution in [2.24, 2.45) is 5.92 Å². The van der Waals surface area contributed by atoms with E-state index in [1.807, 2.05) is 24.3 Å². The fraction of sp³-hybridized carbons (Fsp3) is 0.350. The van der Waals surface area contributed by atoms with Gasteiger partial charge in [-0.05, 0) is 67.2 Å². The normalized spacial score (nSPS) is 17.4. The molecule has 3 nitrogen and oxygen atoms in total. The number of likely N-dealkylation sites (tertiary alicyclic amines) is 1. The van der Waals surface area contributed by atoms with Gasteiger partial charge in [0.2, 0.25) is 0 Å². The minimum absolute atomic E-state index is 0.215. The molecule has 3 rings (SSSR count). The first-order valence-corrected chi connectivity index (χ1v) is 8.30. The number of hydrogen-bond donors (Lipinski definition) is 1. The molecule has 0 aliphatic carbocycles. The maximum absolute atomic E-state index is 13.0. The van der Waals surface area contributed by atoms with Crippen LogP contribution in [0.25, 0.3) is 0 Å². The topological polar surface area (TPSA) is 47.3 Å². The van der Waals surface area contributed by atoms with Crippen molar-refractivity contribution in [2.45, 2.75) is 25.5 Å². The van der Waals surface area contributed by atoms with Crippen molar-refractivity contribution >= 4 is 0 Å². The summed E-state index contributed by atoms with van der Waals surface area (Å²) in [6.07, 6.45) is 1.33. The summed E-state index contributed by atoms with van der Waals surface area (Å²) in [5, 5.41) is 19.3. The summed E-state index contributed by atoms with van der Waals surface area (Å²) < 4.78 is 13.0. The third-order valence-electron chi connectivity index (χ3n) is 4.78. The van der Waals surface area contributed by atoms with E-state index in [1.54, 1.807) is 12.1 Å². The summed E-state index contributed by atoms with van der Waals surface area (Å²) in [6.45, 7) is 2.73. The van der Waals surface area contributed by atoms with Crippen LogP contribution in [0.2, 0.25) is 0 Å². The first-order chi connectivity index (χ1) is 11.7. The number of aliphatic hydroxyl groups excluding tert-OH is 1. The predicted molar refractivity (Wildman–Crippen MR) is 90.5 cm³/mol. The molecule has 124 valence electrons.